The average Bonchev–Trinajstić information content (AvgIpc) is 2.62. The van der Waals surface area contributed by atoms with E-state index in [1.807, 2.05) is 10.9 Å². The van der Waals surface area contributed by atoms with Gasteiger partial charge in [-0.15, -0.1) is 0 Å². The highest BCUT2D eigenvalue weighted by Gasteiger charge is 2.10. The van der Waals surface area contributed by atoms with Crippen LogP contribution in [0.1, 0.15) is 5.56 Å². The summed E-state index contributed by atoms with van der Waals surface area (Å²) in [6.07, 6.45) is 1.82. The minimum atomic E-state index is 0.108. The zero-order valence-corrected chi connectivity index (χ0v) is 11.2. The molecule has 1 aromatic heterocycles. The van der Waals surface area contributed by atoms with Crippen LogP contribution >= 0.6 is 22.6 Å². The molecule has 0 aliphatic rings. The molecule has 4 heteroatoms. The molecule has 1 heterocycles. The standard InChI is InChI=1S/C12H13IN2O/c1-9-2-4-10(5-3-9)12-11(13)8-14-15(12)6-7-16/h2-5,8,16H,6-7H2,1H3. The first kappa shape index (κ1) is 11.6. The number of nitrogens with zero attached hydrogens (tertiary/aromatic N) is 2. The molecule has 0 spiro atoms. The fourth-order valence-electron chi connectivity index (χ4n) is 1.63. The van der Waals surface area contributed by atoms with Crippen LogP contribution in [0.2, 0.25) is 0 Å². The minimum Gasteiger partial charge on any atom is -0.394 e. The molecule has 0 aliphatic carbocycles. The zero-order valence-electron chi connectivity index (χ0n) is 9.02. The summed E-state index contributed by atoms with van der Waals surface area (Å²) < 4.78 is 2.95. The van der Waals surface area contributed by atoms with E-state index in [1.54, 1.807) is 0 Å². The summed E-state index contributed by atoms with van der Waals surface area (Å²) in [7, 11) is 0. The predicted octanol–water partition coefficient (Wildman–Crippen LogP) is 2.46. The topological polar surface area (TPSA) is 38.0 Å². The van der Waals surface area contributed by atoms with Crippen LogP contribution in [-0.4, -0.2) is 21.5 Å². The van der Waals surface area contributed by atoms with Crippen molar-refractivity contribution in [2.24, 2.45) is 0 Å². The van der Waals surface area contributed by atoms with Crippen LogP contribution in [0.4, 0.5) is 0 Å². The van der Waals surface area contributed by atoms with Gasteiger partial charge in [0.15, 0.2) is 0 Å². The number of hydrogen-bond acceptors (Lipinski definition) is 2. The molecule has 3 nitrogen and oxygen atoms in total. The predicted molar refractivity (Wildman–Crippen MR) is 72.2 cm³/mol. The summed E-state index contributed by atoms with van der Waals surface area (Å²) in [4.78, 5) is 0. The van der Waals surface area contributed by atoms with Crippen molar-refractivity contribution in [2.75, 3.05) is 6.61 Å². The molecule has 0 bridgehead atoms. The molecule has 84 valence electrons. The van der Waals surface area contributed by atoms with Crippen molar-refractivity contribution in [1.29, 1.82) is 0 Å². The Balaban J connectivity index is 2.45. The molecular formula is C12H13IN2O. The van der Waals surface area contributed by atoms with Gasteiger partial charge >= 0.3 is 0 Å². The molecule has 0 amide bonds. The van der Waals surface area contributed by atoms with Crippen LogP contribution in [0.5, 0.6) is 0 Å². The molecule has 0 saturated carbocycles. The summed E-state index contributed by atoms with van der Waals surface area (Å²) in [6.45, 7) is 2.71. The van der Waals surface area contributed by atoms with Crippen molar-refractivity contribution in [1.82, 2.24) is 9.78 Å². The Hall–Kier alpha value is -0.880. The quantitative estimate of drug-likeness (QED) is 0.879. The SMILES string of the molecule is Cc1ccc(-c2c(I)cnn2CCO)cc1. The summed E-state index contributed by atoms with van der Waals surface area (Å²) in [5, 5.41) is 13.2. The molecule has 0 saturated heterocycles. The maximum absolute atomic E-state index is 8.98. The van der Waals surface area contributed by atoms with E-state index < -0.39 is 0 Å². The number of benzene rings is 1. The Morgan fingerprint density at radius 2 is 2.00 bits per heavy atom. The maximum Gasteiger partial charge on any atom is 0.0816 e. The second-order valence-corrected chi connectivity index (χ2v) is 4.82. The molecule has 0 radical (unpaired) electrons. The van der Waals surface area contributed by atoms with Crippen molar-refractivity contribution < 1.29 is 5.11 Å². The third-order valence-corrected chi connectivity index (χ3v) is 3.22. The first-order chi connectivity index (χ1) is 7.72. The fraction of sp³-hybridized carbons (Fsp3) is 0.250. The first-order valence-corrected chi connectivity index (χ1v) is 6.19. The van der Waals surface area contributed by atoms with Crippen molar-refractivity contribution >= 4 is 22.6 Å². The van der Waals surface area contributed by atoms with Gasteiger partial charge in [0.1, 0.15) is 0 Å². The monoisotopic (exact) mass is 328 g/mol. The van der Waals surface area contributed by atoms with Crippen LogP contribution in [0.15, 0.2) is 30.5 Å². The van der Waals surface area contributed by atoms with Crippen LogP contribution < -0.4 is 0 Å². The zero-order chi connectivity index (χ0) is 11.5. The molecule has 1 N–H and O–H groups in total. The van der Waals surface area contributed by atoms with Crippen molar-refractivity contribution in [3.63, 3.8) is 0 Å². The van der Waals surface area contributed by atoms with E-state index in [1.165, 1.54) is 5.56 Å². The lowest BCUT2D eigenvalue weighted by Crippen LogP contribution is -2.05. The normalized spacial score (nSPS) is 10.7. The number of aromatic nitrogens is 2. The molecule has 2 aromatic rings. The number of aliphatic hydroxyl groups excluding tert-OH is 1. The number of rotatable bonds is 3. The van der Waals surface area contributed by atoms with Crippen LogP contribution in [0.3, 0.4) is 0 Å². The Bertz CT molecular complexity index is 476. The van der Waals surface area contributed by atoms with Crippen LogP contribution in [0, 0.1) is 10.5 Å². The lowest BCUT2D eigenvalue weighted by atomic mass is 10.1. The highest BCUT2D eigenvalue weighted by atomic mass is 127. The molecule has 2 rings (SSSR count). The van der Waals surface area contributed by atoms with Gasteiger partial charge in [0.2, 0.25) is 0 Å². The molecule has 16 heavy (non-hydrogen) atoms. The number of aliphatic hydroxyl groups is 1. The number of aryl methyl sites for hydroxylation is 1. The average molecular weight is 328 g/mol. The second kappa shape index (κ2) is 4.97. The Morgan fingerprint density at radius 1 is 1.31 bits per heavy atom. The van der Waals surface area contributed by atoms with Crippen molar-refractivity contribution in [3.8, 4) is 11.3 Å². The van der Waals surface area contributed by atoms with Gasteiger partial charge in [-0.2, -0.15) is 5.10 Å². The van der Waals surface area contributed by atoms with Gasteiger partial charge < -0.3 is 5.11 Å². The lowest BCUT2D eigenvalue weighted by molar-refractivity contribution is 0.270. The van der Waals surface area contributed by atoms with E-state index >= 15 is 0 Å². The molecule has 0 fully saturated rings. The molecule has 0 atom stereocenters. The lowest BCUT2D eigenvalue weighted by Gasteiger charge is -2.07. The molecule has 1 aromatic carbocycles. The van der Waals surface area contributed by atoms with E-state index in [9.17, 15) is 0 Å². The van der Waals surface area contributed by atoms with Gasteiger partial charge in [-0.3, -0.25) is 4.68 Å². The van der Waals surface area contributed by atoms with E-state index in [2.05, 4.69) is 58.9 Å². The summed E-state index contributed by atoms with van der Waals surface area (Å²) in [5.41, 5.74) is 3.46. The largest absolute Gasteiger partial charge is 0.394 e. The van der Waals surface area contributed by atoms with Gasteiger partial charge in [0.25, 0.3) is 0 Å². The van der Waals surface area contributed by atoms with Gasteiger partial charge in [-0.25, -0.2) is 0 Å². The Labute approximate surface area is 108 Å². The third-order valence-electron chi connectivity index (χ3n) is 2.43. The van der Waals surface area contributed by atoms with Crippen molar-refractivity contribution in [3.05, 3.63) is 39.6 Å². The number of hydrogen-bond donors (Lipinski definition) is 1. The fourth-order valence-corrected chi connectivity index (χ4v) is 2.34. The highest BCUT2D eigenvalue weighted by Crippen LogP contribution is 2.25. The van der Waals surface area contributed by atoms with Gasteiger partial charge in [0, 0.05) is 5.56 Å². The number of halogens is 1. The third kappa shape index (κ3) is 2.27. The van der Waals surface area contributed by atoms with E-state index in [4.69, 9.17) is 5.11 Å². The van der Waals surface area contributed by atoms with E-state index in [0.29, 0.717) is 6.54 Å². The van der Waals surface area contributed by atoms with E-state index in [-0.39, 0.29) is 6.61 Å². The minimum absolute atomic E-state index is 0.108. The molecule has 0 unspecified atom stereocenters. The first-order valence-electron chi connectivity index (χ1n) is 5.11. The smallest absolute Gasteiger partial charge is 0.0816 e. The maximum atomic E-state index is 8.98. The summed E-state index contributed by atoms with van der Waals surface area (Å²) >= 11 is 2.27. The Morgan fingerprint density at radius 3 is 2.62 bits per heavy atom. The van der Waals surface area contributed by atoms with Crippen LogP contribution in [0.25, 0.3) is 11.3 Å². The molecular weight excluding hydrogens is 315 g/mol. The summed E-state index contributed by atoms with van der Waals surface area (Å²) in [6, 6.07) is 8.34. The summed E-state index contributed by atoms with van der Waals surface area (Å²) in [5.74, 6) is 0. The van der Waals surface area contributed by atoms with Crippen molar-refractivity contribution in [2.45, 2.75) is 13.5 Å². The van der Waals surface area contributed by atoms with Gasteiger partial charge in [-0.1, -0.05) is 29.8 Å². The van der Waals surface area contributed by atoms with Crippen LogP contribution in [-0.2, 0) is 6.54 Å². The Kier molecular flexibility index (Phi) is 3.60. The second-order valence-electron chi connectivity index (χ2n) is 3.65. The molecule has 0 aliphatic heterocycles. The van der Waals surface area contributed by atoms with Gasteiger partial charge in [-0.05, 0) is 29.5 Å². The highest BCUT2D eigenvalue weighted by molar-refractivity contribution is 14.1. The van der Waals surface area contributed by atoms with Gasteiger partial charge in [0.05, 0.1) is 28.6 Å². The van der Waals surface area contributed by atoms with E-state index in [0.717, 1.165) is 14.8 Å².